The molecule has 0 aliphatic heterocycles. The van der Waals surface area contributed by atoms with Crippen molar-refractivity contribution in [2.45, 2.75) is 32.7 Å². The van der Waals surface area contributed by atoms with Crippen molar-refractivity contribution in [2.24, 2.45) is 0 Å². The van der Waals surface area contributed by atoms with Crippen LogP contribution in [0.25, 0.3) is 0 Å². The zero-order valence-corrected chi connectivity index (χ0v) is 10.4. The van der Waals surface area contributed by atoms with E-state index in [2.05, 4.69) is 31.7 Å². The average Bonchev–Trinajstić information content (AvgIpc) is 2.28. The number of rotatable bonds is 3. The van der Waals surface area contributed by atoms with Crippen molar-refractivity contribution in [3.8, 4) is 6.07 Å². The maximum Gasteiger partial charge on any atom is 0.101 e. The first-order chi connectivity index (χ1) is 7.42. The van der Waals surface area contributed by atoms with Crippen molar-refractivity contribution in [2.75, 3.05) is 17.7 Å². The van der Waals surface area contributed by atoms with Crippen molar-refractivity contribution in [3.05, 3.63) is 23.8 Å². The molecule has 0 aliphatic carbocycles. The third kappa shape index (κ3) is 2.27. The van der Waals surface area contributed by atoms with Gasteiger partial charge in [-0.05, 0) is 38.5 Å². The highest BCUT2D eigenvalue weighted by Gasteiger charge is 2.21. The van der Waals surface area contributed by atoms with Crippen LogP contribution in [0, 0.1) is 11.3 Å². The molecule has 2 N–H and O–H groups in total. The molecule has 0 amide bonds. The summed E-state index contributed by atoms with van der Waals surface area (Å²) in [6.45, 7) is 6.50. The zero-order chi connectivity index (χ0) is 12.3. The number of nitriles is 1. The maximum absolute atomic E-state index is 8.94. The summed E-state index contributed by atoms with van der Waals surface area (Å²) in [6, 6.07) is 7.69. The van der Waals surface area contributed by atoms with E-state index in [1.165, 1.54) is 0 Å². The summed E-state index contributed by atoms with van der Waals surface area (Å²) in [4.78, 5) is 2.17. The minimum atomic E-state index is 0.0723. The number of benzene rings is 1. The number of hydrogen-bond donors (Lipinski definition) is 1. The largest absolute Gasteiger partial charge is 0.398 e. The summed E-state index contributed by atoms with van der Waals surface area (Å²) in [6.07, 6.45) is 1.04. The van der Waals surface area contributed by atoms with Crippen LogP contribution < -0.4 is 10.6 Å². The topological polar surface area (TPSA) is 53.0 Å². The van der Waals surface area contributed by atoms with Crippen LogP contribution in [0.15, 0.2) is 18.2 Å². The molecule has 1 rings (SSSR count). The van der Waals surface area contributed by atoms with E-state index >= 15 is 0 Å². The SMILES string of the molecule is CCC(C)(C)N(C)c1ccc(N)c(C#N)c1. The van der Waals surface area contributed by atoms with Crippen LogP contribution in [-0.2, 0) is 0 Å². The van der Waals surface area contributed by atoms with Crippen molar-refractivity contribution in [3.63, 3.8) is 0 Å². The Labute approximate surface area is 97.5 Å². The molecule has 0 heterocycles. The van der Waals surface area contributed by atoms with Gasteiger partial charge in [0.1, 0.15) is 6.07 Å². The van der Waals surface area contributed by atoms with E-state index in [0.29, 0.717) is 11.3 Å². The van der Waals surface area contributed by atoms with Crippen LogP contribution in [-0.4, -0.2) is 12.6 Å². The van der Waals surface area contributed by atoms with Crippen LogP contribution in [0.4, 0.5) is 11.4 Å². The second-order valence-electron chi connectivity index (χ2n) is 4.61. The quantitative estimate of drug-likeness (QED) is 0.792. The van der Waals surface area contributed by atoms with Crippen molar-refractivity contribution >= 4 is 11.4 Å². The zero-order valence-electron chi connectivity index (χ0n) is 10.4. The van der Waals surface area contributed by atoms with E-state index in [0.717, 1.165) is 12.1 Å². The van der Waals surface area contributed by atoms with Gasteiger partial charge >= 0.3 is 0 Å². The summed E-state index contributed by atoms with van der Waals surface area (Å²) in [5, 5.41) is 8.94. The number of nitrogens with zero attached hydrogens (tertiary/aromatic N) is 2. The lowest BCUT2D eigenvalue weighted by Crippen LogP contribution is -2.40. The summed E-state index contributed by atoms with van der Waals surface area (Å²) in [7, 11) is 2.04. The van der Waals surface area contributed by atoms with Crippen molar-refractivity contribution in [1.82, 2.24) is 0 Å². The molecule has 16 heavy (non-hydrogen) atoms. The van der Waals surface area contributed by atoms with Gasteiger partial charge in [-0.1, -0.05) is 6.92 Å². The Morgan fingerprint density at radius 3 is 2.56 bits per heavy atom. The van der Waals surface area contributed by atoms with Crippen molar-refractivity contribution < 1.29 is 0 Å². The second kappa shape index (κ2) is 4.44. The fourth-order valence-electron chi connectivity index (χ4n) is 1.44. The molecule has 86 valence electrons. The highest BCUT2D eigenvalue weighted by molar-refractivity contribution is 5.63. The maximum atomic E-state index is 8.94. The smallest absolute Gasteiger partial charge is 0.101 e. The van der Waals surface area contributed by atoms with Crippen LogP contribution >= 0.6 is 0 Å². The minimum Gasteiger partial charge on any atom is -0.398 e. The van der Waals surface area contributed by atoms with Crippen molar-refractivity contribution in [1.29, 1.82) is 5.26 Å². The lowest BCUT2D eigenvalue weighted by atomic mass is 9.98. The number of anilines is 2. The van der Waals surface area contributed by atoms with E-state index < -0.39 is 0 Å². The second-order valence-corrected chi connectivity index (χ2v) is 4.61. The Kier molecular flexibility index (Phi) is 3.44. The van der Waals surface area contributed by atoms with Gasteiger partial charge < -0.3 is 10.6 Å². The summed E-state index contributed by atoms with van der Waals surface area (Å²) >= 11 is 0. The molecule has 0 saturated heterocycles. The van der Waals surface area contributed by atoms with E-state index in [1.54, 1.807) is 6.07 Å². The van der Waals surface area contributed by atoms with Crippen LogP contribution in [0.1, 0.15) is 32.8 Å². The molecule has 0 bridgehead atoms. The van der Waals surface area contributed by atoms with Gasteiger partial charge in [-0.3, -0.25) is 0 Å². The van der Waals surface area contributed by atoms with Gasteiger partial charge in [0.15, 0.2) is 0 Å². The van der Waals surface area contributed by atoms with Gasteiger partial charge in [-0.2, -0.15) is 5.26 Å². The summed E-state index contributed by atoms with van der Waals surface area (Å²) in [5.74, 6) is 0. The summed E-state index contributed by atoms with van der Waals surface area (Å²) < 4.78 is 0. The molecule has 0 radical (unpaired) electrons. The predicted octanol–water partition coefficient (Wildman–Crippen LogP) is 2.77. The van der Waals surface area contributed by atoms with Crippen LogP contribution in [0.5, 0.6) is 0 Å². The monoisotopic (exact) mass is 217 g/mol. The van der Waals surface area contributed by atoms with Gasteiger partial charge in [0.25, 0.3) is 0 Å². The lowest BCUT2D eigenvalue weighted by Gasteiger charge is -2.37. The summed E-state index contributed by atoms with van der Waals surface area (Å²) in [5.41, 5.74) is 7.87. The van der Waals surface area contributed by atoms with Gasteiger partial charge in [-0.25, -0.2) is 0 Å². The standard InChI is InChI=1S/C13H19N3/c1-5-13(2,3)16(4)11-6-7-12(15)10(8-11)9-14/h6-8H,5,15H2,1-4H3. The molecule has 0 fully saturated rings. The third-order valence-electron chi connectivity index (χ3n) is 3.32. The van der Waals surface area contributed by atoms with Crippen LogP contribution in [0.3, 0.4) is 0 Å². The molecular formula is C13H19N3. The van der Waals surface area contributed by atoms with Gasteiger partial charge in [0, 0.05) is 24.0 Å². The predicted molar refractivity (Wildman–Crippen MR) is 68.3 cm³/mol. The Hall–Kier alpha value is -1.69. The number of nitrogen functional groups attached to an aromatic ring is 1. The van der Waals surface area contributed by atoms with Gasteiger partial charge in [-0.15, -0.1) is 0 Å². The normalized spacial score (nSPS) is 10.9. The molecule has 0 aliphatic rings. The molecule has 3 nitrogen and oxygen atoms in total. The Bertz CT molecular complexity index is 416. The highest BCUT2D eigenvalue weighted by Crippen LogP contribution is 2.27. The Morgan fingerprint density at radius 2 is 2.06 bits per heavy atom. The van der Waals surface area contributed by atoms with E-state index in [1.807, 2.05) is 19.2 Å². The first kappa shape index (κ1) is 12.4. The number of hydrogen-bond acceptors (Lipinski definition) is 3. The minimum absolute atomic E-state index is 0.0723. The average molecular weight is 217 g/mol. The fraction of sp³-hybridized carbons (Fsp3) is 0.462. The molecule has 0 aromatic heterocycles. The third-order valence-corrected chi connectivity index (χ3v) is 3.32. The molecular weight excluding hydrogens is 198 g/mol. The van der Waals surface area contributed by atoms with Gasteiger partial charge in [0.05, 0.1) is 5.56 Å². The van der Waals surface area contributed by atoms with Gasteiger partial charge in [0.2, 0.25) is 0 Å². The van der Waals surface area contributed by atoms with E-state index in [-0.39, 0.29) is 5.54 Å². The molecule has 3 heteroatoms. The molecule has 0 unspecified atom stereocenters. The Balaban J connectivity index is 3.11. The number of nitrogens with two attached hydrogens (primary N) is 1. The van der Waals surface area contributed by atoms with E-state index in [9.17, 15) is 0 Å². The fourth-order valence-corrected chi connectivity index (χ4v) is 1.44. The molecule has 0 atom stereocenters. The molecule has 1 aromatic carbocycles. The highest BCUT2D eigenvalue weighted by atomic mass is 15.2. The van der Waals surface area contributed by atoms with Crippen LogP contribution in [0.2, 0.25) is 0 Å². The lowest BCUT2D eigenvalue weighted by molar-refractivity contribution is 0.471. The molecule has 0 saturated carbocycles. The van der Waals surface area contributed by atoms with E-state index in [4.69, 9.17) is 11.0 Å². The molecule has 1 aromatic rings. The first-order valence-electron chi connectivity index (χ1n) is 5.46. The Morgan fingerprint density at radius 1 is 1.44 bits per heavy atom. The first-order valence-corrected chi connectivity index (χ1v) is 5.46. The molecule has 0 spiro atoms.